The van der Waals surface area contributed by atoms with Gasteiger partial charge in [-0.2, -0.15) is 0 Å². The van der Waals surface area contributed by atoms with Crippen molar-refractivity contribution in [1.82, 2.24) is 9.88 Å². The second kappa shape index (κ2) is 8.48. The predicted octanol–water partition coefficient (Wildman–Crippen LogP) is 5.25. The van der Waals surface area contributed by atoms with Gasteiger partial charge in [0, 0.05) is 34.4 Å². The highest BCUT2D eigenvalue weighted by Gasteiger charge is 2.25. The Morgan fingerprint density at radius 3 is 2.59 bits per heavy atom. The number of aromatic nitrogens is 1. The topological polar surface area (TPSA) is 88.4 Å². The number of primary amides is 1. The van der Waals surface area contributed by atoms with Crippen LogP contribution < -0.4 is 10.5 Å². The van der Waals surface area contributed by atoms with E-state index in [1.165, 1.54) is 13.2 Å². The summed E-state index contributed by atoms with van der Waals surface area (Å²) in [5.41, 5.74) is 9.20. The molecule has 1 saturated heterocycles. The summed E-state index contributed by atoms with van der Waals surface area (Å²) in [6.45, 7) is 2.85. The van der Waals surface area contributed by atoms with Crippen LogP contribution in [0.1, 0.15) is 46.9 Å². The summed E-state index contributed by atoms with van der Waals surface area (Å²) < 4.78 is 19.4. The van der Waals surface area contributed by atoms with Crippen molar-refractivity contribution < 1.29 is 18.7 Å². The standard InChI is InChI=1S/C27H26FN3O3/c1-15-5-3-4-10-31(15)27(33)17-6-8-19-20-11-18(16-7-9-24(34-2)22(28)13-16)12-21(26(29)32)25(20)30-23(19)14-17/h6-9,11-15,30H,3-5,10H2,1-2H3,(H2,29,32). The number of fused-ring (bicyclic) bond motifs is 3. The second-order valence-corrected chi connectivity index (χ2v) is 8.89. The molecule has 0 aliphatic carbocycles. The molecule has 1 aliphatic heterocycles. The number of rotatable bonds is 4. The molecule has 1 fully saturated rings. The van der Waals surface area contributed by atoms with Crippen molar-refractivity contribution in [2.45, 2.75) is 32.2 Å². The van der Waals surface area contributed by atoms with E-state index < -0.39 is 11.7 Å². The van der Waals surface area contributed by atoms with Crippen molar-refractivity contribution in [1.29, 1.82) is 0 Å². The van der Waals surface area contributed by atoms with Crippen molar-refractivity contribution in [2.24, 2.45) is 5.73 Å². The molecule has 34 heavy (non-hydrogen) atoms. The number of piperidine rings is 1. The molecule has 7 heteroatoms. The van der Waals surface area contributed by atoms with Crippen LogP contribution in [-0.4, -0.2) is 41.4 Å². The summed E-state index contributed by atoms with van der Waals surface area (Å²) in [4.78, 5) is 30.7. The average Bonchev–Trinajstić information content (AvgIpc) is 3.21. The number of H-pyrrole nitrogens is 1. The molecule has 1 atom stereocenters. The third kappa shape index (κ3) is 3.67. The molecule has 0 radical (unpaired) electrons. The normalized spacial score (nSPS) is 16.2. The first kappa shape index (κ1) is 21.9. The van der Waals surface area contributed by atoms with E-state index in [0.29, 0.717) is 27.8 Å². The Morgan fingerprint density at radius 1 is 1.06 bits per heavy atom. The molecule has 2 heterocycles. The summed E-state index contributed by atoms with van der Waals surface area (Å²) >= 11 is 0. The molecule has 1 aliphatic rings. The Bertz CT molecular complexity index is 1440. The summed E-state index contributed by atoms with van der Waals surface area (Å²) in [7, 11) is 1.41. The van der Waals surface area contributed by atoms with Gasteiger partial charge in [0.2, 0.25) is 0 Å². The highest BCUT2D eigenvalue weighted by molar-refractivity contribution is 6.17. The van der Waals surface area contributed by atoms with Gasteiger partial charge in [-0.1, -0.05) is 12.1 Å². The van der Waals surface area contributed by atoms with Crippen molar-refractivity contribution in [3.8, 4) is 16.9 Å². The molecule has 3 N–H and O–H groups in total. The lowest BCUT2D eigenvalue weighted by molar-refractivity contribution is 0.0635. The maximum atomic E-state index is 14.3. The quantitative estimate of drug-likeness (QED) is 0.437. The Balaban J connectivity index is 1.63. The number of hydrogen-bond acceptors (Lipinski definition) is 3. The fourth-order valence-corrected chi connectivity index (χ4v) is 4.91. The number of carbonyl (C=O) groups excluding carboxylic acids is 2. The minimum absolute atomic E-state index is 0.0114. The number of nitrogens with zero attached hydrogens (tertiary/aromatic N) is 1. The maximum Gasteiger partial charge on any atom is 0.254 e. The smallest absolute Gasteiger partial charge is 0.254 e. The molecule has 1 unspecified atom stereocenters. The molecule has 3 aromatic carbocycles. The third-order valence-electron chi connectivity index (χ3n) is 6.77. The first-order valence-corrected chi connectivity index (χ1v) is 11.4. The summed E-state index contributed by atoms with van der Waals surface area (Å²) in [5, 5.41) is 1.64. The zero-order valence-corrected chi connectivity index (χ0v) is 19.2. The first-order chi connectivity index (χ1) is 16.4. The maximum absolute atomic E-state index is 14.3. The Hall–Kier alpha value is -3.87. The fourth-order valence-electron chi connectivity index (χ4n) is 4.91. The number of benzene rings is 3. The highest BCUT2D eigenvalue weighted by Crippen LogP contribution is 2.34. The number of carbonyl (C=O) groups is 2. The minimum atomic E-state index is -0.592. The Labute approximate surface area is 196 Å². The molecular weight excluding hydrogens is 433 g/mol. The van der Waals surface area contributed by atoms with Crippen molar-refractivity contribution in [3.63, 3.8) is 0 Å². The first-order valence-electron chi connectivity index (χ1n) is 11.4. The zero-order chi connectivity index (χ0) is 24.0. The molecule has 6 nitrogen and oxygen atoms in total. The number of amides is 2. The van der Waals surface area contributed by atoms with Crippen molar-refractivity contribution in [2.75, 3.05) is 13.7 Å². The predicted molar refractivity (Wildman–Crippen MR) is 131 cm³/mol. The number of nitrogens with two attached hydrogens (primary N) is 1. The SMILES string of the molecule is COc1ccc(-c2cc(C(N)=O)c3[nH]c4cc(C(=O)N5CCCCC5C)ccc4c3c2)cc1F. The molecule has 1 aromatic heterocycles. The minimum Gasteiger partial charge on any atom is -0.494 e. The fraction of sp³-hybridized carbons (Fsp3) is 0.259. The lowest BCUT2D eigenvalue weighted by atomic mass is 9.98. The van der Waals surface area contributed by atoms with Crippen LogP contribution in [0.4, 0.5) is 4.39 Å². The number of nitrogens with one attached hydrogen (secondary N) is 1. The number of ether oxygens (including phenoxy) is 1. The Morgan fingerprint density at radius 2 is 1.88 bits per heavy atom. The molecule has 0 spiro atoms. The molecule has 0 saturated carbocycles. The van der Waals surface area contributed by atoms with E-state index in [9.17, 15) is 14.0 Å². The van der Waals surface area contributed by atoms with Gasteiger partial charge in [-0.3, -0.25) is 9.59 Å². The molecule has 4 aromatic rings. The van der Waals surface area contributed by atoms with E-state index in [0.717, 1.165) is 42.1 Å². The second-order valence-electron chi connectivity index (χ2n) is 8.89. The third-order valence-corrected chi connectivity index (χ3v) is 6.77. The summed E-state index contributed by atoms with van der Waals surface area (Å²) in [6, 6.07) is 14.0. The summed E-state index contributed by atoms with van der Waals surface area (Å²) in [6.07, 6.45) is 3.17. The average molecular weight is 460 g/mol. The van der Waals surface area contributed by atoms with Crippen LogP contribution in [0.2, 0.25) is 0 Å². The van der Waals surface area contributed by atoms with Gasteiger partial charge in [0.25, 0.3) is 11.8 Å². The number of halogens is 1. The van der Waals surface area contributed by atoms with Gasteiger partial charge in [-0.05, 0) is 73.7 Å². The van der Waals surface area contributed by atoms with Crippen LogP contribution in [0.5, 0.6) is 5.75 Å². The van der Waals surface area contributed by atoms with Crippen LogP contribution in [0.3, 0.4) is 0 Å². The van der Waals surface area contributed by atoms with Gasteiger partial charge in [0.05, 0.1) is 18.2 Å². The summed E-state index contributed by atoms with van der Waals surface area (Å²) in [5.74, 6) is -0.926. The van der Waals surface area contributed by atoms with E-state index in [-0.39, 0.29) is 17.7 Å². The van der Waals surface area contributed by atoms with Crippen LogP contribution in [0, 0.1) is 5.82 Å². The lowest BCUT2D eigenvalue weighted by Gasteiger charge is -2.33. The Kier molecular flexibility index (Phi) is 5.48. The number of aromatic amines is 1. The monoisotopic (exact) mass is 459 g/mol. The van der Waals surface area contributed by atoms with Gasteiger partial charge in [0.15, 0.2) is 11.6 Å². The zero-order valence-electron chi connectivity index (χ0n) is 19.2. The van der Waals surface area contributed by atoms with Gasteiger partial charge in [-0.25, -0.2) is 4.39 Å². The van der Waals surface area contributed by atoms with Crippen LogP contribution in [-0.2, 0) is 0 Å². The number of likely N-dealkylation sites (tertiary alicyclic amines) is 1. The number of methoxy groups -OCH3 is 1. The van der Waals surface area contributed by atoms with E-state index in [2.05, 4.69) is 11.9 Å². The molecule has 2 amide bonds. The lowest BCUT2D eigenvalue weighted by Crippen LogP contribution is -2.42. The molecule has 174 valence electrons. The van der Waals surface area contributed by atoms with Crippen LogP contribution in [0.15, 0.2) is 48.5 Å². The van der Waals surface area contributed by atoms with Crippen LogP contribution in [0.25, 0.3) is 32.9 Å². The van der Waals surface area contributed by atoms with Gasteiger partial charge < -0.3 is 20.4 Å². The van der Waals surface area contributed by atoms with E-state index in [1.54, 1.807) is 18.2 Å². The van der Waals surface area contributed by atoms with Crippen molar-refractivity contribution >= 4 is 33.6 Å². The van der Waals surface area contributed by atoms with Gasteiger partial charge in [0.1, 0.15) is 0 Å². The number of hydrogen-bond donors (Lipinski definition) is 2. The van der Waals surface area contributed by atoms with Gasteiger partial charge in [-0.15, -0.1) is 0 Å². The van der Waals surface area contributed by atoms with Gasteiger partial charge >= 0.3 is 0 Å². The van der Waals surface area contributed by atoms with E-state index in [4.69, 9.17) is 10.5 Å². The molecule has 5 rings (SSSR count). The highest BCUT2D eigenvalue weighted by atomic mass is 19.1. The van der Waals surface area contributed by atoms with E-state index >= 15 is 0 Å². The largest absolute Gasteiger partial charge is 0.494 e. The molecular formula is C27H26FN3O3. The van der Waals surface area contributed by atoms with E-state index in [1.807, 2.05) is 29.2 Å². The van der Waals surface area contributed by atoms with Crippen LogP contribution >= 0.6 is 0 Å². The van der Waals surface area contributed by atoms with Crippen molar-refractivity contribution in [3.05, 3.63) is 65.5 Å². The molecule has 0 bridgehead atoms.